The molecule has 1 aromatic heterocycles. The Bertz CT molecular complexity index is 731. The van der Waals surface area contributed by atoms with Gasteiger partial charge in [-0.3, -0.25) is 0 Å². The highest BCUT2D eigenvalue weighted by Gasteiger charge is 2.12. The van der Waals surface area contributed by atoms with Gasteiger partial charge in [0.15, 0.2) is 0 Å². The Labute approximate surface area is 124 Å². The molecule has 3 aromatic rings. The number of aromatic amines is 1. The van der Waals surface area contributed by atoms with Gasteiger partial charge in [-0.2, -0.15) is 5.21 Å². The topological polar surface area (TPSA) is 63.7 Å². The van der Waals surface area contributed by atoms with Crippen LogP contribution >= 0.6 is 23.2 Å². The minimum absolute atomic E-state index is 0.431. The normalized spacial score (nSPS) is 10.5. The zero-order valence-corrected chi connectivity index (χ0v) is 11.6. The van der Waals surface area contributed by atoms with E-state index in [0.717, 1.165) is 0 Å². The number of aromatic nitrogens is 4. The maximum absolute atomic E-state index is 6.10. The molecule has 1 heterocycles. The highest BCUT2D eigenvalue weighted by molar-refractivity contribution is 6.35. The number of hydrogen-bond acceptors (Lipinski definition) is 4. The molecule has 20 heavy (non-hydrogen) atoms. The van der Waals surface area contributed by atoms with Crippen molar-refractivity contribution in [3.63, 3.8) is 0 Å². The molecule has 0 fully saturated rings. The van der Waals surface area contributed by atoms with E-state index in [0.29, 0.717) is 32.9 Å². The van der Waals surface area contributed by atoms with Crippen LogP contribution in [0.3, 0.4) is 0 Å². The van der Waals surface area contributed by atoms with Crippen molar-refractivity contribution in [1.82, 2.24) is 20.6 Å². The number of nitrogens with zero attached hydrogens (tertiary/aromatic N) is 3. The van der Waals surface area contributed by atoms with Gasteiger partial charge in [-0.15, -0.1) is 10.2 Å². The molecule has 5 nitrogen and oxygen atoms in total. The largest absolute Gasteiger partial charge is 0.455 e. The predicted octanol–water partition coefficient (Wildman–Crippen LogP) is 3.97. The number of halogens is 2. The molecule has 2 aromatic carbocycles. The van der Waals surface area contributed by atoms with Gasteiger partial charge in [0, 0.05) is 5.02 Å². The molecular formula is C13H8Cl2N4O. The molecule has 7 heteroatoms. The minimum Gasteiger partial charge on any atom is -0.455 e. The fraction of sp³-hybridized carbons (Fsp3) is 0. The smallest absolute Gasteiger partial charge is 0.208 e. The zero-order chi connectivity index (χ0) is 13.9. The molecule has 0 atom stereocenters. The second-order valence-electron chi connectivity index (χ2n) is 3.91. The molecule has 0 saturated carbocycles. The Morgan fingerprint density at radius 3 is 2.60 bits per heavy atom. The number of hydrogen-bond donors (Lipinski definition) is 1. The molecule has 0 bridgehead atoms. The van der Waals surface area contributed by atoms with Crippen molar-refractivity contribution >= 4 is 23.2 Å². The summed E-state index contributed by atoms with van der Waals surface area (Å²) in [6.07, 6.45) is 0. The molecule has 0 aliphatic heterocycles. The van der Waals surface area contributed by atoms with Crippen LogP contribution in [-0.4, -0.2) is 20.6 Å². The monoisotopic (exact) mass is 306 g/mol. The van der Waals surface area contributed by atoms with Gasteiger partial charge in [-0.25, -0.2) is 0 Å². The van der Waals surface area contributed by atoms with Crippen LogP contribution in [0.15, 0.2) is 42.5 Å². The molecule has 0 aliphatic rings. The summed E-state index contributed by atoms with van der Waals surface area (Å²) in [7, 11) is 0. The van der Waals surface area contributed by atoms with Crippen LogP contribution in [-0.2, 0) is 0 Å². The van der Waals surface area contributed by atoms with E-state index in [-0.39, 0.29) is 0 Å². The fourth-order valence-electron chi connectivity index (χ4n) is 1.69. The number of rotatable bonds is 3. The molecule has 1 N–H and O–H groups in total. The molecule has 0 saturated heterocycles. The molecule has 0 aliphatic carbocycles. The van der Waals surface area contributed by atoms with Crippen molar-refractivity contribution in [3.05, 3.63) is 52.5 Å². The highest BCUT2D eigenvalue weighted by atomic mass is 35.5. The van der Waals surface area contributed by atoms with E-state index in [1.165, 1.54) is 0 Å². The number of benzene rings is 2. The van der Waals surface area contributed by atoms with Gasteiger partial charge >= 0.3 is 0 Å². The predicted molar refractivity (Wildman–Crippen MR) is 76.1 cm³/mol. The van der Waals surface area contributed by atoms with E-state index < -0.39 is 0 Å². The Kier molecular flexibility index (Phi) is 3.54. The summed E-state index contributed by atoms with van der Waals surface area (Å²) >= 11 is 12.0. The maximum atomic E-state index is 6.10. The summed E-state index contributed by atoms with van der Waals surface area (Å²) in [6, 6.07) is 12.4. The van der Waals surface area contributed by atoms with Gasteiger partial charge in [0.05, 0.1) is 10.6 Å². The van der Waals surface area contributed by atoms with Crippen LogP contribution in [0, 0.1) is 0 Å². The van der Waals surface area contributed by atoms with E-state index in [9.17, 15) is 0 Å². The quantitative estimate of drug-likeness (QED) is 0.795. The fourth-order valence-corrected chi connectivity index (χ4v) is 2.14. The zero-order valence-electron chi connectivity index (χ0n) is 10.0. The summed E-state index contributed by atoms with van der Waals surface area (Å²) in [5, 5.41) is 14.8. The first-order valence-corrected chi connectivity index (χ1v) is 6.45. The summed E-state index contributed by atoms with van der Waals surface area (Å²) in [5.41, 5.74) is 0.715. The number of nitrogens with one attached hydrogen (secondary N) is 1. The van der Waals surface area contributed by atoms with Gasteiger partial charge in [0.2, 0.25) is 5.82 Å². The first-order chi connectivity index (χ1) is 9.74. The molecule has 100 valence electrons. The number of ether oxygens (including phenoxy) is 1. The van der Waals surface area contributed by atoms with Crippen LogP contribution < -0.4 is 4.74 Å². The standard InChI is InChI=1S/C13H8Cl2N4O/c14-8-5-6-12(10(15)7-8)20-11-4-2-1-3-9(11)13-16-18-19-17-13/h1-7H,(H,16,17,18,19). The van der Waals surface area contributed by atoms with Crippen molar-refractivity contribution in [2.75, 3.05) is 0 Å². The molecule has 0 unspecified atom stereocenters. The summed E-state index contributed by atoms with van der Waals surface area (Å²) in [6.45, 7) is 0. The van der Waals surface area contributed by atoms with Gasteiger partial charge in [0.1, 0.15) is 11.5 Å². The Morgan fingerprint density at radius 1 is 1.00 bits per heavy atom. The minimum atomic E-state index is 0.431. The molecule has 3 rings (SSSR count). The third-order valence-electron chi connectivity index (χ3n) is 2.59. The van der Waals surface area contributed by atoms with Gasteiger partial charge in [0.25, 0.3) is 0 Å². The van der Waals surface area contributed by atoms with Crippen molar-refractivity contribution in [1.29, 1.82) is 0 Å². The third-order valence-corrected chi connectivity index (χ3v) is 3.12. The molecule has 0 radical (unpaired) electrons. The molecular weight excluding hydrogens is 299 g/mol. The summed E-state index contributed by atoms with van der Waals surface area (Å²) < 4.78 is 5.81. The SMILES string of the molecule is Clc1ccc(Oc2ccccc2-c2nn[nH]n2)c(Cl)c1. The first-order valence-electron chi connectivity index (χ1n) is 5.70. The van der Waals surface area contributed by atoms with Crippen LogP contribution in [0.25, 0.3) is 11.4 Å². The lowest BCUT2D eigenvalue weighted by Gasteiger charge is -2.10. The molecule has 0 amide bonds. The Hall–Kier alpha value is -2.11. The lowest BCUT2D eigenvalue weighted by Crippen LogP contribution is -1.90. The number of H-pyrrole nitrogens is 1. The van der Waals surface area contributed by atoms with E-state index >= 15 is 0 Å². The molecule has 0 spiro atoms. The lowest BCUT2D eigenvalue weighted by atomic mass is 10.2. The van der Waals surface area contributed by atoms with Gasteiger partial charge in [-0.1, -0.05) is 35.3 Å². The van der Waals surface area contributed by atoms with Gasteiger partial charge in [-0.05, 0) is 35.5 Å². The van der Waals surface area contributed by atoms with Crippen molar-refractivity contribution in [3.8, 4) is 22.9 Å². The van der Waals surface area contributed by atoms with Crippen molar-refractivity contribution in [2.45, 2.75) is 0 Å². The van der Waals surface area contributed by atoms with Crippen LogP contribution in [0.4, 0.5) is 0 Å². The van der Waals surface area contributed by atoms with Crippen LogP contribution in [0.5, 0.6) is 11.5 Å². The first kappa shape index (κ1) is 12.9. The maximum Gasteiger partial charge on any atom is 0.208 e. The Morgan fingerprint density at radius 2 is 1.85 bits per heavy atom. The van der Waals surface area contributed by atoms with E-state index in [4.69, 9.17) is 27.9 Å². The second kappa shape index (κ2) is 5.48. The van der Waals surface area contributed by atoms with E-state index in [2.05, 4.69) is 20.6 Å². The number of para-hydroxylation sites is 1. The highest BCUT2D eigenvalue weighted by Crippen LogP contribution is 2.35. The second-order valence-corrected chi connectivity index (χ2v) is 4.75. The van der Waals surface area contributed by atoms with Crippen molar-refractivity contribution in [2.24, 2.45) is 0 Å². The third kappa shape index (κ3) is 2.59. The van der Waals surface area contributed by atoms with Gasteiger partial charge < -0.3 is 4.74 Å². The average molecular weight is 307 g/mol. The summed E-state index contributed by atoms with van der Waals surface area (Å²) in [4.78, 5) is 0. The van der Waals surface area contributed by atoms with Crippen LogP contribution in [0.2, 0.25) is 10.0 Å². The number of tetrazole rings is 1. The van der Waals surface area contributed by atoms with Crippen molar-refractivity contribution < 1.29 is 4.74 Å². The average Bonchev–Trinajstić information content (AvgIpc) is 2.96. The Balaban J connectivity index is 1.99. The van der Waals surface area contributed by atoms with Crippen LogP contribution in [0.1, 0.15) is 0 Å². The lowest BCUT2D eigenvalue weighted by molar-refractivity contribution is 0.484. The van der Waals surface area contributed by atoms with E-state index in [1.54, 1.807) is 24.3 Å². The summed E-state index contributed by atoms with van der Waals surface area (Å²) in [5.74, 6) is 1.54. The van der Waals surface area contributed by atoms with E-state index in [1.807, 2.05) is 18.2 Å².